The lowest BCUT2D eigenvalue weighted by Gasteiger charge is -2.17. The highest BCUT2D eigenvalue weighted by atomic mass is 19.1. The molecule has 2 aromatic rings. The van der Waals surface area contributed by atoms with Crippen LogP contribution in [0.15, 0.2) is 36.4 Å². The van der Waals surface area contributed by atoms with Gasteiger partial charge in [-0.1, -0.05) is 0 Å². The van der Waals surface area contributed by atoms with Gasteiger partial charge < -0.3 is 10.4 Å². The summed E-state index contributed by atoms with van der Waals surface area (Å²) in [6.45, 7) is 1.64. The molecular weight excluding hydrogens is 283 g/mol. The van der Waals surface area contributed by atoms with Crippen molar-refractivity contribution in [3.63, 3.8) is 0 Å². The molecule has 0 aliphatic heterocycles. The van der Waals surface area contributed by atoms with Gasteiger partial charge in [0.15, 0.2) is 6.04 Å². The van der Waals surface area contributed by atoms with Crippen molar-refractivity contribution in [2.45, 2.75) is 13.0 Å². The van der Waals surface area contributed by atoms with Gasteiger partial charge in [0.1, 0.15) is 17.5 Å². The van der Waals surface area contributed by atoms with E-state index in [-0.39, 0.29) is 11.3 Å². The summed E-state index contributed by atoms with van der Waals surface area (Å²) in [6, 6.07) is 5.02. The number of anilines is 1. The number of aliphatic carboxylic acids is 1. The number of carboxylic acid groups (broad SMARTS) is 1. The quantitative estimate of drug-likeness (QED) is 0.905. The minimum Gasteiger partial charge on any atom is -0.479 e. The lowest BCUT2D eigenvalue weighted by Crippen LogP contribution is -2.21. The topological polar surface area (TPSA) is 49.3 Å². The van der Waals surface area contributed by atoms with Gasteiger partial charge in [0.05, 0.1) is 0 Å². The van der Waals surface area contributed by atoms with Crippen LogP contribution in [-0.2, 0) is 4.79 Å². The number of hydrogen-bond donors (Lipinski definition) is 2. The number of halogens is 3. The van der Waals surface area contributed by atoms with Gasteiger partial charge >= 0.3 is 5.97 Å². The first-order valence-electron chi connectivity index (χ1n) is 6.07. The van der Waals surface area contributed by atoms with Gasteiger partial charge in [0.25, 0.3) is 0 Å². The van der Waals surface area contributed by atoms with Gasteiger partial charge in [-0.05, 0) is 48.4 Å². The fraction of sp³-hybridized carbons (Fsp3) is 0.133. The molecule has 0 aliphatic rings. The van der Waals surface area contributed by atoms with Crippen molar-refractivity contribution < 1.29 is 23.1 Å². The van der Waals surface area contributed by atoms with Crippen molar-refractivity contribution in [3.05, 3.63) is 65.0 Å². The maximum absolute atomic E-state index is 13.3. The zero-order valence-electron chi connectivity index (χ0n) is 11.0. The molecule has 21 heavy (non-hydrogen) atoms. The standard InChI is InChI=1S/C15H12F3NO2/c1-8-2-10(16)7-13(3-8)19-14(15(20)21)9-4-11(17)6-12(18)5-9/h2-7,14,19H,1H3,(H,20,21). The molecule has 0 aliphatic carbocycles. The fourth-order valence-electron chi connectivity index (χ4n) is 2.02. The normalized spacial score (nSPS) is 12.0. The number of rotatable bonds is 4. The summed E-state index contributed by atoms with van der Waals surface area (Å²) in [5.41, 5.74) is 0.707. The average molecular weight is 295 g/mol. The summed E-state index contributed by atoms with van der Waals surface area (Å²) in [5, 5.41) is 11.8. The Kier molecular flexibility index (Phi) is 4.16. The van der Waals surface area contributed by atoms with Gasteiger partial charge in [-0.2, -0.15) is 0 Å². The van der Waals surface area contributed by atoms with Crippen LogP contribution in [0, 0.1) is 24.4 Å². The number of aryl methyl sites for hydroxylation is 1. The monoisotopic (exact) mass is 295 g/mol. The molecule has 0 bridgehead atoms. The highest BCUT2D eigenvalue weighted by molar-refractivity contribution is 5.79. The van der Waals surface area contributed by atoms with Gasteiger partial charge in [0.2, 0.25) is 0 Å². The Bertz CT molecular complexity index is 648. The second-order valence-electron chi connectivity index (χ2n) is 4.64. The predicted octanol–water partition coefficient (Wildman–Crippen LogP) is 3.65. The zero-order chi connectivity index (χ0) is 15.6. The molecule has 1 atom stereocenters. The molecular formula is C15H12F3NO2. The maximum atomic E-state index is 13.3. The van der Waals surface area contributed by atoms with Crippen molar-refractivity contribution in [1.29, 1.82) is 0 Å². The van der Waals surface area contributed by atoms with Crippen LogP contribution < -0.4 is 5.32 Å². The van der Waals surface area contributed by atoms with Gasteiger partial charge in [-0.25, -0.2) is 18.0 Å². The van der Waals surface area contributed by atoms with Crippen molar-refractivity contribution in [2.75, 3.05) is 5.32 Å². The van der Waals surface area contributed by atoms with E-state index in [1.54, 1.807) is 6.92 Å². The smallest absolute Gasteiger partial charge is 0.330 e. The lowest BCUT2D eigenvalue weighted by molar-refractivity contribution is -0.138. The Balaban J connectivity index is 2.37. The lowest BCUT2D eigenvalue weighted by atomic mass is 10.1. The van der Waals surface area contributed by atoms with Crippen LogP contribution in [0.25, 0.3) is 0 Å². The fourth-order valence-corrected chi connectivity index (χ4v) is 2.02. The number of hydrogen-bond acceptors (Lipinski definition) is 2. The van der Waals surface area contributed by atoms with E-state index in [4.69, 9.17) is 0 Å². The Labute approximate surface area is 119 Å². The number of carboxylic acids is 1. The Hall–Kier alpha value is -2.50. The van der Waals surface area contributed by atoms with E-state index < -0.39 is 29.5 Å². The summed E-state index contributed by atoms with van der Waals surface area (Å²) in [7, 11) is 0. The predicted molar refractivity (Wildman–Crippen MR) is 71.5 cm³/mol. The number of nitrogens with one attached hydrogen (secondary N) is 1. The van der Waals surface area contributed by atoms with E-state index >= 15 is 0 Å². The van der Waals surface area contributed by atoms with Crippen molar-refractivity contribution in [3.8, 4) is 0 Å². The van der Waals surface area contributed by atoms with Crippen LogP contribution >= 0.6 is 0 Å². The summed E-state index contributed by atoms with van der Waals surface area (Å²) < 4.78 is 39.7. The summed E-state index contributed by atoms with van der Waals surface area (Å²) in [4.78, 5) is 11.3. The maximum Gasteiger partial charge on any atom is 0.330 e. The van der Waals surface area contributed by atoms with Gasteiger partial charge in [-0.15, -0.1) is 0 Å². The molecule has 0 spiro atoms. The van der Waals surface area contributed by atoms with Crippen molar-refractivity contribution >= 4 is 11.7 Å². The molecule has 0 saturated heterocycles. The van der Waals surface area contributed by atoms with Crippen LogP contribution in [-0.4, -0.2) is 11.1 Å². The minimum absolute atomic E-state index is 0.0954. The minimum atomic E-state index is -1.39. The highest BCUT2D eigenvalue weighted by Crippen LogP contribution is 2.23. The summed E-state index contributed by atoms with van der Waals surface area (Å²) in [6.07, 6.45) is 0. The van der Waals surface area contributed by atoms with Crippen LogP contribution in [0.2, 0.25) is 0 Å². The second-order valence-corrected chi connectivity index (χ2v) is 4.64. The third-order valence-electron chi connectivity index (χ3n) is 2.82. The Morgan fingerprint density at radius 2 is 1.57 bits per heavy atom. The first-order chi connectivity index (χ1) is 9.85. The molecule has 6 heteroatoms. The van der Waals surface area contributed by atoms with E-state index in [2.05, 4.69) is 5.32 Å². The highest BCUT2D eigenvalue weighted by Gasteiger charge is 2.21. The van der Waals surface area contributed by atoms with Crippen LogP contribution in [0.4, 0.5) is 18.9 Å². The molecule has 0 radical (unpaired) electrons. The third-order valence-corrected chi connectivity index (χ3v) is 2.82. The van der Waals surface area contributed by atoms with E-state index in [1.807, 2.05) is 0 Å². The molecule has 3 nitrogen and oxygen atoms in total. The first-order valence-corrected chi connectivity index (χ1v) is 6.07. The third kappa shape index (κ3) is 3.75. The first kappa shape index (κ1) is 14.9. The average Bonchev–Trinajstić information content (AvgIpc) is 2.33. The van der Waals surface area contributed by atoms with E-state index in [0.29, 0.717) is 11.6 Å². The zero-order valence-corrected chi connectivity index (χ0v) is 11.0. The molecule has 0 heterocycles. The van der Waals surface area contributed by atoms with Crippen LogP contribution in [0.3, 0.4) is 0 Å². The Morgan fingerprint density at radius 3 is 2.10 bits per heavy atom. The van der Waals surface area contributed by atoms with E-state index in [9.17, 15) is 23.1 Å². The van der Waals surface area contributed by atoms with Crippen LogP contribution in [0.5, 0.6) is 0 Å². The van der Waals surface area contributed by atoms with Crippen LogP contribution in [0.1, 0.15) is 17.2 Å². The van der Waals surface area contributed by atoms with E-state index in [1.165, 1.54) is 12.1 Å². The molecule has 0 fully saturated rings. The van der Waals surface area contributed by atoms with E-state index in [0.717, 1.165) is 18.2 Å². The van der Waals surface area contributed by atoms with Gasteiger partial charge in [-0.3, -0.25) is 0 Å². The summed E-state index contributed by atoms with van der Waals surface area (Å²) in [5.74, 6) is -3.63. The van der Waals surface area contributed by atoms with Crippen molar-refractivity contribution in [2.24, 2.45) is 0 Å². The largest absolute Gasteiger partial charge is 0.479 e. The molecule has 0 amide bonds. The SMILES string of the molecule is Cc1cc(F)cc(NC(C(=O)O)c2cc(F)cc(F)c2)c1. The molecule has 2 aromatic carbocycles. The molecule has 0 aromatic heterocycles. The van der Waals surface area contributed by atoms with Gasteiger partial charge in [0, 0.05) is 11.8 Å². The second kappa shape index (κ2) is 5.87. The number of benzene rings is 2. The molecule has 1 unspecified atom stereocenters. The molecule has 2 N–H and O–H groups in total. The summed E-state index contributed by atoms with van der Waals surface area (Å²) >= 11 is 0. The molecule has 110 valence electrons. The van der Waals surface area contributed by atoms with Crippen molar-refractivity contribution in [1.82, 2.24) is 0 Å². The molecule has 2 rings (SSSR count). The Morgan fingerprint density at radius 1 is 1.00 bits per heavy atom. The molecule has 0 saturated carbocycles. The number of carbonyl (C=O) groups is 1.